The summed E-state index contributed by atoms with van der Waals surface area (Å²) in [5, 5.41) is 19.5. The van der Waals surface area contributed by atoms with Crippen LogP contribution < -0.4 is 4.90 Å². The molecule has 0 aromatic heterocycles. The molecule has 3 aromatic rings. The summed E-state index contributed by atoms with van der Waals surface area (Å²) < 4.78 is 5.37. The maximum Gasteiger partial charge on any atom is 0.115 e. The molecule has 0 bridgehead atoms. The van der Waals surface area contributed by atoms with Gasteiger partial charge in [0.15, 0.2) is 0 Å². The van der Waals surface area contributed by atoms with E-state index in [0.29, 0.717) is 12.5 Å². The topological polar surface area (TPSA) is 56.2 Å². The number of piperazine rings is 1. The van der Waals surface area contributed by atoms with Crippen LogP contribution in [0.15, 0.2) is 78.9 Å². The van der Waals surface area contributed by atoms with Gasteiger partial charge in [-0.05, 0) is 64.9 Å². The van der Waals surface area contributed by atoms with Crippen LogP contribution in [0, 0.1) is 0 Å². The molecule has 2 N–H and O–H groups in total. The Morgan fingerprint density at radius 3 is 1.97 bits per heavy atom. The smallest absolute Gasteiger partial charge is 0.115 e. The van der Waals surface area contributed by atoms with Crippen LogP contribution in [0.3, 0.4) is 0 Å². The van der Waals surface area contributed by atoms with E-state index in [1.807, 2.05) is 18.2 Å². The summed E-state index contributed by atoms with van der Waals surface area (Å²) in [6.45, 7) is 6.12. The Balaban J connectivity index is 1.47. The van der Waals surface area contributed by atoms with E-state index in [0.717, 1.165) is 68.1 Å². The summed E-state index contributed by atoms with van der Waals surface area (Å²) in [4.78, 5) is 5.01. The van der Waals surface area contributed by atoms with Gasteiger partial charge in [0.25, 0.3) is 0 Å². The summed E-state index contributed by atoms with van der Waals surface area (Å²) in [5.41, 5.74) is 6.95. The quantitative estimate of drug-likeness (QED) is 0.470. The number of aliphatic hydroxyl groups excluding tert-OH is 1. The second kappa shape index (κ2) is 11.1. The molecule has 5 nitrogen and oxygen atoms in total. The third-order valence-electron chi connectivity index (χ3n) is 7.14. The standard InChI is InChI=1S/C30H34N2O3/c33-20-4-7-29(23-5-2-1-3-6-23)30(25-10-14-28(34)15-11-25)24-8-12-26(13-9-24)31-16-18-32(19-17-31)27-21-35-22-27/h1-3,5-6,8-15,27,33-34H,4,7,16-22H2/b30-29+. The van der Waals surface area contributed by atoms with E-state index < -0.39 is 0 Å². The minimum atomic E-state index is 0.150. The van der Waals surface area contributed by atoms with Crippen LogP contribution >= 0.6 is 0 Å². The number of aromatic hydroxyl groups is 1. The first-order valence-electron chi connectivity index (χ1n) is 12.6. The Labute approximate surface area is 207 Å². The molecule has 2 saturated heterocycles. The Kier molecular flexibility index (Phi) is 7.48. The summed E-state index contributed by atoms with van der Waals surface area (Å²) in [6.07, 6.45) is 1.46. The molecular weight excluding hydrogens is 436 g/mol. The third-order valence-corrected chi connectivity index (χ3v) is 7.14. The van der Waals surface area contributed by atoms with E-state index >= 15 is 0 Å². The van der Waals surface area contributed by atoms with E-state index in [1.54, 1.807) is 12.1 Å². The average molecular weight is 471 g/mol. The van der Waals surface area contributed by atoms with Crippen LogP contribution in [-0.2, 0) is 4.74 Å². The molecule has 35 heavy (non-hydrogen) atoms. The maximum atomic E-state index is 9.89. The molecule has 0 amide bonds. The fraction of sp³-hybridized carbons (Fsp3) is 0.333. The zero-order valence-electron chi connectivity index (χ0n) is 20.1. The molecule has 0 aliphatic carbocycles. The lowest BCUT2D eigenvalue weighted by molar-refractivity contribution is -0.0660. The zero-order chi connectivity index (χ0) is 24.0. The van der Waals surface area contributed by atoms with Crippen molar-refractivity contribution in [3.63, 3.8) is 0 Å². The predicted molar refractivity (Wildman–Crippen MR) is 142 cm³/mol. The minimum absolute atomic E-state index is 0.150. The van der Waals surface area contributed by atoms with Crippen molar-refractivity contribution in [3.8, 4) is 5.75 Å². The van der Waals surface area contributed by atoms with Gasteiger partial charge in [-0.15, -0.1) is 0 Å². The lowest BCUT2D eigenvalue weighted by Crippen LogP contribution is -2.56. The molecule has 2 aliphatic heterocycles. The number of nitrogens with zero attached hydrogens (tertiary/aromatic N) is 2. The lowest BCUT2D eigenvalue weighted by Gasteiger charge is -2.43. The molecule has 5 rings (SSSR count). The number of aliphatic hydroxyl groups is 1. The number of phenolic OH excluding ortho intramolecular Hbond substituents is 1. The zero-order valence-corrected chi connectivity index (χ0v) is 20.1. The third kappa shape index (κ3) is 5.43. The molecule has 0 atom stereocenters. The highest BCUT2D eigenvalue weighted by molar-refractivity contribution is 5.98. The summed E-state index contributed by atoms with van der Waals surface area (Å²) in [6, 6.07) is 27.3. The molecule has 2 heterocycles. The molecule has 0 unspecified atom stereocenters. The van der Waals surface area contributed by atoms with E-state index in [2.05, 4.69) is 58.3 Å². The van der Waals surface area contributed by atoms with Gasteiger partial charge in [0.2, 0.25) is 0 Å². The van der Waals surface area contributed by atoms with Crippen molar-refractivity contribution in [2.75, 3.05) is 50.9 Å². The lowest BCUT2D eigenvalue weighted by atomic mass is 9.87. The highest BCUT2D eigenvalue weighted by atomic mass is 16.5. The first-order valence-corrected chi connectivity index (χ1v) is 12.6. The first-order chi connectivity index (χ1) is 17.2. The van der Waals surface area contributed by atoms with Crippen molar-refractivity contribution in [2.24, 2.45) is 0 Å². The Morgan fingerprint density at radius 2 is 1.40 bits per heavy atom. The number of ether oxygens (including phenoxy) is 1. The number of anilines is 1. The highest BCUT2D eigenvalue weighted by Crippen LogP contribution is 2.36. The van der Waals surface area contributed by atoms with E-state index in [-0.39, 0.29) is 12.4 Å². The van der Waals surface area contributed by atoms with Gasteiger partial charge < -0.3 is 19.8 Å². The van der Waals surface area contributed by atoms with Crippen molar-refractivity contribution < 1.29 is 14.9 Å². The number of rotatable bonds is 8. The number of hydrogen-bond donors (Lipinski definition) is 2. The summed E-state index contributed by atoms with van der Waals surface area (Å²) in [7, 11) is 0. The SMILES string of the molecule is OCCC/C(=C(\c1ccc(O)cc1)c1ccc(N2CCN(C3COC3)CC2)cc1)c1ccccc1. The van der Waals surface area contributed by atoms with Crippen LogP contribution in [0.1, 0.15) is 29.5 Å². The molecule has 3 aromatic carbocycles. The number of hydrogen-bond acceptors (Lipinski definition) is 5. The van der Waals surface area contributed by atoms with Crippen molar-refractivity contribution in [2.45, 2.75) is 18.9 Å². The van der Waals surface area contributed by atoms with E-state index in [9.17, 15) is 10.2 Å². The minimum Gasteiger partial charge on any atom is -0.508 e. The van der Waals surface area contributed by atoms with Gasteiger partial charge in [-0.25, -0.2) is 0 Å². The molecule has 182 valence electrons. The highest BCUT2D eigenvalue weighted by Gasteiger charge is 2.29. The van der Waals surface area contributed by atoms with Gasteiger partial charge >= 0.3 is 0 Å². The van der Waals surface area contributed by atoms with Crippen molar-refractivity contribution in [1.82, 2.24) is 4.90 Å². The fourth-order valence-electron chi connectivity index (χ4n) is 5.07. The monoisotopic (exact) mass is 470 g/mol. The van der Waals surface area contributed by atoms with Gasteiger partial charge in [0.05, 0.1) is 19.3 Å². The number of phenols is 1. The van der Waals surface area contributed by atoms with Crippen molar-refractivity contribution >= 4 is 16.8 Å². The molecular formula is C30H34N2O3. The van der Waals surface area contributed by atoms with Gasteiger partial charge in [-0.1, -0.05) is 54.6 Å². The maximum absolute atomic E-state index is 9.89. The molecule has 2 fully saturated rings. The molecule has 5 heteroatoms. The molecule has 0 saturated carbocycles. The van der Waals surface area contributed by atoms with E-state index in [4.69, 9.17) is 4.74 Å². The normalized spacial score (nSPS) is 17.7. The van der Waals surface area contributed by atoms with Crippen molar-refractivity contribution in [1.29, 1.82) is 0 Å². The van der Waals surface area contributed by atoms with Gasteiger partial charge in [-0.2, -0.15) is 0 Å². The number of benzene rings is 3. The Bertz CT molecular complexity index is 1110. The van der Waals surface area contributed by atoms with Gasteiger partial charge in [0, 0.05) is 38.5 Å². The molecule has 0 spiro atoms. The average Bonchev–Trinajstić information content (AvgIpc) is 2.88. The molecule has 2 aliphatic rings. The summed E-state index contributed by atoms with van der Waals surface area (Å²) >= 11 is 0. The second-order valence-corrected chi connectivity index (χ2v) is 9.35. The van der Waals surface area contributed by atoms with Gasteiger partial charge in [-0.3, -0.25) is 4.90 Å². The first kappa shape index (κ1) is 23.6. The van der Waals surface area contributed by atoms with Crippen LogP contribution in [0.5, 0.6) is 5.75 Å². The Hall–Kier alpha value is -3.12. The largest absolute Gasteiger partial charge is 0.508 e. The van der Waals surface area contributed by atoms with Gasteiger partial charge in [0.1, 0.15) is 5.75 Å². The van der Waals surface area contributed by atoms with Crippen molar-refractivity contribution in [3.05, 3.63) is 95.6 Å². The molecule has 0 radical (unpaired) electrons. The van der Waals surface area contributed by atoms with Crippen LogP contribution in [0.2, 0.25) is 0 Å². The Morgan fingerprint density at radius 1 is 0.771 bits per heavy atom. The number of allylic oxidation sites excluding steroid dienone is 1. The van der Waals surface area contributed by atoms with Crippen LogP contribution in [0.25, 0.3) is 11.1 Å². The van der Waals surface area contributed by atoms with E-state index in [1.165, 1.54) is 11.3 Å². The second-order valence-electron chi connectivity index (χ2n) is 9.35. The predicted octanol–water partition coefficient (Wildman–Crippen LogP) is 4.64. The van der Waals surface area contributed by atoms with Crippen LogP contribution in [-0.4, -0.2) is 67.2 Å². The van der Waals surface area contributed by atoms with Crippen LogP contribution in [0.4, 0.5) is 5.69 Å². The summed E-state index contributed by atoms with van der Waals surface area (Å²) in [5.74, 6) is 0.257. The fourth-order valence-corrected chi connectivity index (χ4v) is 5.07.